The summed E-state index contributed by atoms with van der Waals surface area (Å²) in [4.78, 5) is 7.30. The number of nitrogens with zero attached hydrogens (tertiary/aromatic N) is 3. The van der Waals surface area contributed by atoms with E-state index in [1.54, 1.807) is 12.1 Å². The number of pyridine rings is 1. The van der Waals surface area contributed by atoms with Crippen molar-refractivity contribution < 1.29 is 5.11 Å². The van der Waals surface area contributed by atoms with Crippen LogP contribution in [0.2, 0.25) is 0 Å². The number of phenols is 1. The lowest BCUT2D eigenvalue weighted by atomic mass is 10.0. The summed E-state index contributed by atoms with van der Waals surface area (Å²) >= 11 is 0. The lowest BCUT2D eigenvalue weighted by Crippen LogP contribution is -2.42. The average Bonchev–Trinajstić information content (AvgIpc) is 3.42. The first-order valence-electron chi connectivity index (χ1n) is 9.38. The molecule has 3 heterocycles. The third-order valence-corrected chi connectivity index (χ3v) is 5.39. The van der Waals surface area contributed by atoms with Crippen LogP contribution >= 0.6 is 0 Å². The van der Waals surface area contributed by atoms with E-state index in [1.807, 2.05) is 12.1 Å². The summed E-state index contributed by atoms with van der Waals surface area (Å²) in [6.45, 7) is 5.13. The minimum Gasteiger partial charge on any atom is -0.508 e. The van der Waals surface area contributed by atoms with Crippen LogP contribution in [0.1, 0.15) is 30.0 Å². The van der Waals surface area contributed by atoms with Crippen LogP contribution in [-0.4, -0.2) is 51.4 Å². The molecule has 1 saturated carbocycles. The van der Waals surface area contributed by atoms with Gasteiger partial charge in [-0.05, 0) is 48.7 Å². The van der Waals surface area contributed by atoms with Gasteiger partial charge in [0.2, 0.25) is 0 Å². The molecule has 3 aromatic rings. The fourth-order valence-electron chi connectivity index (χ4n) is 3.81. The highest BCUT2D eigenvalue weighted by Gasteiger charge is 2.29. The van der Waals surface area contributed by atoms with Crippen LogP contribution in [0, 0.1) is 0 Å². The first kappa shape index (κ1) is 15.8. The van der Waals surface area contributed by atoms with Gasteiger partial charge in [0.25, 0.3) is 0 Å². The monoisotopic (exact) mass is 349 g/mol. The Morgan fingerprint density at radius 2 is 1.88 bits per heavy atom. The van der Waals surface area contributed by atoms with Crippen molar-refractivity contribution in [3.8, 4) is 17.0 Å². The molecule has 0 radical (unpaired) electrons. The highest BCUT2D eigenvalue weighted by molar-refractivity contribution is 5.85. The molecule has 26 heavy (non-hydrogen) atoms. The maximum Gasteiger partial charge on any atom is 0.182 e. The summed E-state index contributed by atoms with van der Waals surface area (Å²) in [6, 6.07) is 9.44. The highest BCUT2D eigenvalue weighted by Crippen LogP contribution is 2.43. The number of H-pyrrole nitrogens is 1. The van der Waals surface area contributed by atoms with Crippen molar-refractivity contribution in [2.24, 2.45) is 0 Å². The molecule has 0 bridgehead atoms. The Morgan fingerprint density at radius 3 is 2.62 bits per heavy atom. The summed E-state index contributed by atoms with van der Waals surface area (Å²) in [5.74, 6) is 0.884. The summed E-state index contributed by atoms with van der Waals surface area (Å²) in [6.07, 6.45) is 2.48. The fourth-order valence-corrected chi connectivity index (χ4v) is 3.81. The normalized spacial score (nSPS) is 18.5. The summed E-state index contributed by atoms with van der Waals surface area (Å²) in [7, 11) is 0. The number of piperazine rings is 1. The standard InChI is InChI=1S/C20H23N5O/c26-16-5-3-13(4-6-16)17-11-15(12-25-9-7-21-8-10-25)18-19(14-1-2-14)23-24-20(18)22-17/h3-6,11,14,21,26H,1-2,7-10,12H2,(H,22,23,24). The molecule has 6 nitrogen and oxygen atoms in total. The SMILES string of the molecule is Oc1ccc(-c2cc(CN3CCNCC3)c3c(C4CC4)[nH]nc3n2)cc1. The Labute approximate surface area is 152 Å². The lowest BCUT2D eigenvalue weighted by Gasteiger charge is -2.27. The molecule has 0 amide bonds. The van der Waals surface area contributed by atoms with Crippen LogP contribution in [0.15, 0.2) is 30.3 Å². The average molecular weight is 349 g/mol. The maximum absolute atomic E-state index is 9.57. The van der Waals surface area contributed by atoms with Gasteiger partial charge >= 0.3 is 0 Å². The minimum atomic E-state index is 0.270. The second-order valence-electron chi connectivity index (χ2n) is 7.35. The van der Waals surface area contributed by atoms with Gasteiger partial charge in [0.15, 0.2) is 5.65 Å². The van der Waals surface area contributed by atoms with E-state index in [0.717, 1.165) is 49.6 Å². The number of aromatic nitrogens is 3. The highest BCUT2D eigenvalue weighted by atomic mass is 16.3. The molecule has 0 atom stereocenters. The molecule has 0 spiro atoms. The quantitative estimate of drug-likeness (QED) is 0.675. The summed E-state index contributed by atoms with van der Waals surface area (Å²) in [5, 5.41) is 22.0. The van der Waals surface area contributed by atoms with Crippen LogP contribution in [0.3, 0.4) is 0 Å². The molecule has 3 N–H and O–H groups in total. The van der Waals surface area contributed by atoms with E-state index in [-0.39, 0.29) is 5.75 Å². The molecule has 1 saturated heterocycles. The van der Waals surface area contributed by atoms with E-state index in [2.05, 4.69) is 26.5 Å². The molecule has 1 aromatic carbocycles. The Balaban J connectivity index is 1.60. The van der Waals surface area contributed by atoms with Crippen LogP contribution in [0.4, 0.5) is 0 Å². The van der Waals surface area contributed by atoms with Gasteiger partial charge in [-0.2, -0.15) is 5.10 Å². The van der Waals surface area contributed by atoms with Crippen LogP contribution in [0.25, 0.3) is 22.3 Å². The second kappa shape index (κ2) is 6.37. The van der Waals surface area contributed by atoms with Crippen LogP contribution in [0.5, 0.6) is 5.75 Å². The van der Waals surface area contributed by atoms with Crippen molar-refractivity contribution in [2.45, 2.75) is 25.3 Å². The van der Waals surface area contributed by atoms with Crippen LogP contribution < -0.4 is 5.32 Å². The largest absolute Gasteiger partial charge is 0.508 e. The topological polar surface area (TPSA) is 77.1 Å². The Kier molecular flexibility index (Phi) is 3.87. The summed E-state index contributed by atoms with van der Waals surface area (Å²) in [5.41, 5.74) is 5.28. The third-order valence-electron chi connectivity index (χ3n) is 5.39. The molecule has 0 unspecified atom stereocenters. The maximum atomic E-state index is 9.57. The number of nitrogens with one attached hydrogen (secondary N) is 2. The molecule has 6 heteroatoms. The van der Waals surface area contributed by atoms with Gasteiger partial charge in [-0.25, -0.2) is 4.98 Å². The van der Waals surface area contributed by atoms with E-state index < -0.39 is 0 Å². The van der Waals surface area contributed by atoms with Crippen molar-refractivity contribution in [1.29, 1.82) is 0 Å². The molecule has 134 valence electrons. The van der Waals surface area contributed by atoms with Gasteiger partial charge in [-0.3, -0.25) is 10.00 Å². The Hall–Kier alpha value is -2.44. The zero-order valence-corrected chi connectivity index (χ0v) is 14.7. The van der Waals surface area contributed by atoms with E-state index >= 15 is 0 Å². The van der Waals surface area contributed by atoms with Crippen molar-refractivity contribution in [1.82, 2.24) is 25.4 Å². The molecular weight excluding hydrogens is 326 g/mol. The predicted molar refractivity (Wildman–Crippen MR) is 101 cm³/mol. The van der Waals surface area contributed by atoms with E-state index in [9.17, 15) is 5.11 Å². The molecule has 2 aliphatic rings. The first-order chi connectivity index (χ1) is 12.8. The number of hydrogen-bond donors (Lipinski definition) is 3. The number of fused-ring (bicyclic) bond motifs is 1. The predicted octanol–water partition coefficient (Wildman–Crippen LogP) is 2.61. The van der Waals surface area contributed by atoms with E-state index in [1.165, 1.54) is 29.5 Å². The number of aromatic hydroxyl groups is 1. The minimum absolute atomic E-state index is 0.270. The van der Waals surface area contributed by atoms with Crippen molar-refractivity contribution in [3.63, 3.8) is 0 Å². The van der Waals surface area contributed by atoms with Crippen molar-refractivity contribution in [2.75, 3.05) is 26.2 Å². The van der Waals surface area contributed by atoms with E-state index in [4.69, 9.17) is 4.98 Å². The smallest absolute Gasteiger partial charge is 0.182 e. The molecule has 5 rings (SSSR count). The Bertz CT molecular complexity index is 923. The Morgan fingerprint density at radius 1 is 1.12 bits per heavy atom. The number of hydrogen-bond acceptors (Lipinski definition) is 5. The summed E-state index contributed by atoms with van der Waals surface area (Å²) < 4.78 is 0. The number of benzene rings is 1. The third kappa shape index (κ3) is 2.95. The van der Waals surface area contributed by atoms with Crippen molar-refractivity contribution in [3.05, 3.63) is 41.6 Å². The number of aromatic amines is 1. The van der Waals surface area contributed by atoms with Crippen LogP contribution in [-0.2, 0) is 6.54 Å². The van der Waals surface area contributed by atoms with E-state index in [0.29, 0.717) is 5.92 Å². The number of rotatable bonds is 4. The van der Waals surface area contributed by atoms with Gasteiger partial charge < -0.3 is 10.4 Å². The lowest BCUT2D eigenvalue weighted by molar-refractivity contribution is 0.234. The molecule has 1 aliphatic carbocycles. The molecule has 2 aromatic heterocycles. The van der Waals surface area contributed by atoms with Gasteiger partial charge in [0.1, 0.15) is 5.75 Å². The van der Waals surface area contributed by atoms with Gasteiger partial charge in [0, 0.05) is 55.3 Å². The van der Waals surface area contributed by atoms with Crippen molar-refractivity contribution >= 4 is 11.0 Å². The van der Waals surface area contributed by atoms with Gasteiger partial charge in [0.05, 0.1) is 5.69 Å². The molecule has 2 fully saturated rings. The fraction of sp³-hybridized carbons (Fsp3) is 0.400. The number of phenolic OH excluding ortho intramolecular Hbond substituents is 1. The molecular formula is C20H23N5O. The van der Waals surface area contributed by atoms with Gasteiger partial charge in [-0.15, -0.1) is 0 Å². The molecule has 1 aliphatic heterocycles. The zero-order valence-electron chi connectivity index (χ0n) is 14.7. The second-order valence-corrected chi connectivity index (χ2v) is 7.35. The zero-order chi connectivity index (χ0) is 17.5. The van der Waals surface area contributed by atoms with Gasteiger partial charge in [-0.1, -0.05) is 0 Å². The first-order valence-corrected chi connectivity index (χ1v) is 9.38.